The van der Waals surface area contributed by atoms with Crippen LogP contribution < -0.4 is 5.84 Å². The van der Waals surface area contributed by atoms with Crippen LogP contribution in [0.2, 0.25) is 0 Å². The van der Waals surface area contributed by atoms with Gasteiger partial charge in [-0.1, -0.05) is 6.58 Å². The van der Waals surface area contributed by atoms with Gasteiger partial charge in [0.2, 0.25) is 0 Å². The monoisotopic (exact) mass is 162 g/mol. The van der Waals surface area contributed by atoms with E-state index in [2.05, 4.69) is 6.58 Å². The first-order chi connectivity index (χ1) is 4.14. The van der Waals surface area contributed by atoms with Crippen LogP contribution in [0.1, 0.15) is 0 Å². The maximum atomic E-state index is 5.70. The van der Waals surface area contributed by atoms with E-state index in [1.165, 1.54) is 0 Å². The van der Waals surface area contributed by atoms with Crippen LogP contribution >= 0.6 is 12.4 Å². The number of halogens is 1. The summed E-state index contributed by atoms with van der Waals surface area (Å²) in [4.78, 5) is 1.94. The third kappa shape index (κ3) is 2.02. The first-order valence-electron chi connectivity index (χ1n) is 2.85. The fourth-order valence-corrected chi connectivity index (χ4v) is 0.803. The molecule has 0 saturated heterocycles. The summed E-state index contributed by atoms with van der Waals surface area (Å²) in [6, 6.07) is 0. The third-order valence-electron chi connectivity index (χ3n) is 1.30. The van der Waals surface area contributed by atoms with Gasteiger partial charge in [-0.2, -0.15) is 5.84 Å². The quantitative estimate of drug-likeness (QED) is 0.453. The topological polar surface area (TPSA) is 29.3 Å². The molecule has 3 nitrogen and oxygen atoms in total. The van der Waals surface area contributed by atoms with Crippen molar-refractivity contribution in [2.24, 2.45) is 5.84 Å². The highest BCUT2D eigenvalue weighted by molar-refractivity contribution is 5.85. The van der Waals surface area contributed by atoms with Crippen molar-refractivity contribution in [3.8, 4) is 0 Å². The van der Waals surface area contributed by atoms with Crippen LogP contribution in [0.5, 0.6) is 0 Å². The lowest BCUT2D eigenvalue weighted by molar-refractivity contribution is -0.872. The lowest BCUT2D eigenvalue weighted by atomic mass is 10.8. The molecule has 10 heavy (non-hydrogen) atoms. The van der Waals surface area contributed by atoms with Crippen molar-refractivity contribution in [3.63, 3.8) is 0 Å². The van der Waals surface area contributed by atoms with Crippen molar-refractivity contribution in [1.29, 1.82) is 0 Å². The molecule has 0 aromatic carbocycles. The second-order valence-corrected chi connectivity index (χ2v) is 2.48. The van der Waals surface area contributed by atoms with Crippen molar-refractivity contribution in [2.45, 2.75) is 0 Å². The maximum Gasteiger partial charge on any atom is 0.179 e. The maximum absolute atomic E-state index is 5.70. The number of hydrogen-bond donors (Lipinski definition) is 1. The molecule has 1 heterocycles. The molecule has 1 aliphatic heterocycles. The van der Waals surface area contributed by atoms with Gasteiger partial charge in [0.05, 0.1) is 13.2 Å². The summed E-state index contributed by atoms with van der Waals surface area (Å²) >= 11 is 0. The molecule has 0 fully saturated rings. The predicted molar refractivity (Wildman–Crippen MR) is 43.7 cm³/mol. The molecule has 0 spiro atoms. The van der Waals surface area contributed by atoms with E-state index in [1.54, 1.807) is 6.20 Å². The minimum atomic E-state index is 0. The van der Waals surface area contributed by atoms with Crippen molar-refractivity contribution in [3.05, 3.63) is 25.2 Å². The second-order valence-electron chi connectivity index (χ2n) is 2.48. The van der Waals surface area contributed by atoms with Gasteiger partial charge in [-0.05, 0) is 0 Å². The molecule has 58 valence electrons. The lowest BCUT2D eigenvalue weighted by Gasteiger charge is -2.19. The van der Waals surface area contributed by atoms with Gasteiger partial charge in [0, 0.05) is 6.20 Å². The number of nitrogens with two attached hydrogens (primary N) is 1. The molecule has 4 heteroatoms. The van der Waals surface area contributed by atoms with Crippen LogP contribution in [0.4, 0.5) is 0 Å². The molecule has 0 aromatic heterocycles. The normalized spacial score (nSPS) is 30.0. The Morgan fingerprint density at radius 1 is 1.80 bits per heavy atom. The largest absolute Gasteiger partial charge is 0.301 e. The third-order valence-corrected chi connectivity index (χ3v) is 1.30. The SMILES string of the molecule is C=CN1C=C[N+](C)(N)C1.Cl. The van der Waals surface area contributed by atoms with Crippen LogP contribution in [0.3, 0.4) is 0 Å². The highest BCUT2D eigenvalue weighted by Crippen LogP contribution is 2.07. The molecular weight excluding hydrogens is 150 g/mol. The summed E-state index contributed by atoms with van der Waals surface area (Å²) in [7, 11) is 1.93. The number of quaternary nitrogens is 1. The van der Waals surface area contributed by atoms with Crippen LogP contribution in [-0.4, -0.2) is 23.2 Å². The zero-order chi connectivity index (χ0) is 6.91. The molecular formula is C6H13ClN3+. The summed E-state index contributed by atoms with van der Waals surface area (Å²) in [5, 5.41) is 0. The smallest absolute Gasteiger partial charge is 0.179 e. The highest BCUT2D eigenvalue weighted by atomic mass is 35.5. The second kappa shape index (κ2) is 3.05. The number of hydrogen-bond acceptors (Lipinski definition) is 2. The number of rotatable bonds is 1. The van der Waals surface area contributed by atoms with E-state index in [0.717, 1.165) is 6.67 Å². The van der Waals surface area contributed by atoms with Crippen molar-refractivity contribution in [2.75, 3.05) is 13.7 Å². The minimum Gasteiger partial charge on any atom is -0.301 e. The molecule has 1 rings (SSSR count). The van der Waals surface area contributed by atoms with Crippen molar-refractivity contribution in [1.82, 2.24) is 4.90 Å². The number of nitrogens with zero attached hydrogens (tertiary/aromatic N) is 2. The molecule has 0 radical (unpaired) electrons. The van der Waals surface area contributed by atoms with Gasteiger partial charge < -0.3 is 4.90 Å². The Labute approximate surface area is 67.4 Å². The van der Waals surface area contributed by atoms with Crippen LogP contribution in [0, 0.1) is 0 Å². The van der Waals surface area contributed by atoms with Crippen molar-refractivity contribution >= 4 is 12.4 Å². The first-order valence-corrected chi connectivity index (χ1v) is 2.85. The van der Waals surface area contributed by atoms with Gasteiger partial charge in [0.15, 0.2) is 6.67 Å². The fourth-order valence-electron chi connectivity index (χ4n) is 0.803. The molecule has 1 unspecified atom stereocenters. The summed E-state index contributed by atoms with van der Waals surface area (Å²) in [6.45, 7) is 4.40. The molecule has 1 aliphatic rings. The molecule has 2 N–H and O–H groups in total. The van der Waals surface area contributed by atoms with E-state index in [9.17, 15) is 0 Å². The van der Waals surface area contributed by atoms with Crippen LogP contribution in [0.15, 0.2) is 25.2 Å². The summed E-state index contributed by atoms with van der Waals surface area (Å²) in [5.74, 6) is 5.70. The van der Waals surface area contributed by atoms with E-state index < -0.39 is 0 Å². The minimum absolute atomic E-state index is 0. The first kappa shape index (κ1) is 9.49. The molecule has 0 aromatic rings. The van der Waals surface area contributed by atoms with E-state index in [4.69, 9.17) is 5.84 Å². The summed E-state index contributed by atoms with van der Waals surface area (Å²) < 4.78 is 0.423. The zero-order valence-corrected chi connectivity index (χ0v) is 6.84. The van der Waals surface area contributed by atoms with Crippen LogP contribution in [-0.2, 0) is 0 Å². The zero-order valence-electron chi connectivity index (χ0n) is 6.03. The van der Waals surface area contributed by atoms with E-state index in [1.807, 2.05) is 24.3 Å². The van der Waals surface area contributed by atoms with E-state index >= 15 is 0 Å². The average Bonchev–Trinajstić information content (AvgIpc) is 2.10. The average molecular weight is 163 g/mol. The Morgan fingerprint density at radius 2 is 2.40 bits per heavy atom. The molecule has 0 aliphatic carbocycles. The molecule has 0 bridgehead atoms. The van der Waals surface area contributed by atoms with Gasteiger partial charge in [-0.3, -0.25) is 0 Å². The van der Waals surface area contributed by atoms with Gasteiger partial charge in [0.25, 0.3) is 0 Å². The van der Waals surface area contributed by atoms with E-state index in [0.29, 0.717) is 4.59 Å². The predicted octanol–water partition coefficient (Wildman–Crippen LogP) is 0.616. The Kier molecular flexibility index (Phi) is 2.90. The van der Waals surface area contributed by atoms with Gasteiger partial charge in [-0.15, -0.1) is 12.4 Å². The molecule has 1 atom stereocenters. The van der Waals surface area contributed by atoms with Gasteiger partial charge in [0.1, 0.15) is 6.20 Å². The fraction of sp³-hybridized carbons (Fsp3) is 0.333. The van der Waals surface area contributed by atoms with Crippen molar-refractivity contribution < 1.29 is 4.59 Å². The Bertz CT molecular complexity index is 153. The Morgan fingerprint density at radius 3 is 2.60 bits per heavy atom. The van der Waals surface area contributed by atoms with Gasteiger partial charge >= 0.3 is 0 Å². The summed E-state index contributed by atoms with van der Waals surface area (Å²) in [5.41, 5.74) is 0. The van der Waals surface area contributed by atoms with Gasteiger partial charge in [-0.25, -0.2) is 4.59 Å². The Hall–Kier alpha value is -0.510. The molecule has 0 saturated carbocycles. The summed E-state index contributed by atoms with van der Waals surface area (Å²) in [6.07, 6.45) is 5.60. The van der Waals surface area contributed by atoms with E-state index in [-0.39, 0.29) is 12.4 Å². The standard InChI is InChI=1S/C6H12N3.ClH/c1-3-8-4-5-9(2,7)6-8;/h3-5H,1,6-7H2,2H3;1H/q+1;. The lowest BCUT2D eigenvalue weighted by Crippen LogP contribution is -2.46. The highest BCUT2D eigenvalue weighted by Gasteiger charge is 2.20. The van der Waals surface area contributed by atoms with Crippen LogP contribution in [0.25, 0.3) is 0 Å². The molecule has 0 amide bonds. The Balaban J connectivity index is 0.000000810.